The maximum absolute atomic E-state index is 4.84. The van der Waals surface area contributed by atoms with Crippen molar-refractivity contribution in [3.8, 4) is 16.9 Å². The molecule has 0 heterocycles. The lowest BCUT2D eigenvalue weighted by Crippen LogP contribution is -1.82. The van der Waals surface area contributed by atoms with Crippen LogP contribution in [-0.4, -0.2) is 0 Å². The Bertz CT molecular complexity index is 400. The summed E-state index contributed by atoms with van der Waals surface area (Å²) in [6, 6.07) is 16.5. The van der Waals surface area contributed by atoms with Crippen LogP contribution in [0.5, 0.6) is 5.75 Å². The molecule has 0 spiro atoms. The maximum atomic E-state index is 4.84. The van der Waals surface area contributed by atoms with Gasteiger partial charge in [-0.1, -0.05) is 43.3 Å². The quantitative estimate of drug-likeness (QED) is 0.616. The van der Waals surface area contributed by atoms with Crippen molar-refractivity contribution in [2.24, 2.45) is 0 Å². The van der Waals surface area contributed by atoms with E-state index >= 15 is 0 Å². The van der Waals surface area contributed by atoms with Crippen molar-refractivity contribution in [2.75, 3.05) is 0 Å². The van der Waals surface area contributed by atoms with Crippen LogP contribution in [0.25, 0.3) is 11.1 Å². The summed E-state index contributed by atoms with van der Waals surface area (Å²) >= 11 is 3.76. The summed E-state index contributed by atoms with van der Waals surface area (Å²) in [6.07, 6.45) is 1.08. The van der Waals surface area contributed by atoms with Gasteiger partial charge >= 0.3 is 0 Å². The monoisotopic (exact) mass is 230 g/mol. The Labute approximate surface area is 102 Å². The van der Waals surface area contributed by atoms with Crippen molar-refractivity contribution in [3.63, 3.8) is 0 Å². The van der Waals surface area contributed by atoms with E-state index in [-0.39, 0.29) is 0 Å². The van der Waals surface area contributed by atoms with Crippen LogP contribution in [0.1, 0.15) is 12.5 Å². The van der Waals surface area contributed by atoms with Gasteiger partial charge in [0.05, 0.1) is 0 Å². The number of thiol groups is 1. The standard InChI is InChI=1S/C14H14OS/c1-2-11-3-5-12(6-4-11)13-7-9-14(15-16)10-8-13/h3-10,16H,2H2,1H3. The second-order valence-corrected chi connectivity index (χ2v) is 3.85. The fourth-order valence-corrected chi connectivity index (χ4v) is 1.76. The average molecular weight is 230 g/mol. The molecule has 0 saturated carbocycles. The molecule has 0 unspecified atom stereocenters. The summed E-state index contributed by atoms with van der Waals surface area (Å²) in [4.78, 5) is 0. The van der Waals surface area contributed by atoms with Crippen LogP contribution in [0.4, 0.5) is 0 Å². The minimum absolute atomic E-state index is 0.761. The molecule has 0 radical (unpaired) electrons. The summed E-state index contributed by atoms with van der Waals surface area (Å²) < 4.78 is 4.84. The van der Waals surface area contributed by atoms with Gasteiger partial charge in [-0.25, -0.2) is 0 Å². The predicted molar refractivity (Wildman–Crippen MR) is 70.9 cm³/mol. The molecule has 2 heteroatoms. The summed E-state index contributed by atoms with van der Waals surface area (Å²) in [5.74, 6) is 0.761. The first-order chi connectivity index (χ1) is 7.83. The first-order valence-corrected chi connectivity index (χ1v) is 5.71. The molecule has 2 aromatic rings. The topological polar surface area (TPSA) is 9.23 Å². The Morgan fingerprint density at radius 1 is 0.875 bits per heavy atom. The number of hydrogen-bond donors (Lipinski definition) is 1. The largest absolute Gasteiger partial charge is 0.429 e. The second kappa shape index (κ2) is 5.08. The van der Waals surface area contributed by atoms with Gasteiger partial charge in [0.2, 0.25) is 0 Å². The molecule has 0 aliphatic heterocycles. The van der Waals surface area contributed by atoms with Crippen LogP contribution in [0.15, 0.2) is 48.5 Å². The molecule has 1 nitrogen and oxygen atoms in total. The lowest BCUT2D eigenvalue weighted by molar-refractivity contribution is 0.659. The van der Waals surface area contributed by atoms with Gasteiger partial charge in [0.25, 0.3) is 0 Å². The molecule has 0 amide bonds. The highest BCUT2D eigenvalue weighted by molar-refractivity contribution is 7.75. The summed E-state index contributed by atoms with van der Waals surface area (Å²) in [6.45, 7) is 2.16. The number of hydrogen-bond acceptors (Lipinski definition) is 2. The summed E-state index contributed by atoms with van der Waals surface area (Å²) in [5, 5.41) is 0. The van der Waals surface area contributed by atoms with E-state index in [0.29, 0.717) is 0 Å². The smallest absolute Gasteiger partial charge is 0.137 e. The lowest BCUT2D eigenvalue weighted by Gasteiger charge is -2.04. The van der Waals surface area contributed by atoms with Crippen LogP contribution < -0.4 is 4.18 Å². The molecule has 0 saturated heterocycles. The fourth-order valence-electron chi connectivity index (χ4n) is 1.64. The van der Waals surface area contributed by atoms with Crippen LogP contribution in [0.2, 0.25) is 0 Å². The Balaban J connectivity index is 2.28. The van der Waals surface area contributed by atoms with Crippen LogP contribution in [-0.2, 0) is 6.42 Å². The normalized spacial score (nSPS) is 10.1. The highest BCUT2D eigenvalue weighted by atomic mass is 32.1. The zero-order chi connectivity index (χ0) is 11.4. The van der Waals surface area contributed by atoms with Gasteiger partial charge in [-0.15, -0.1) is 0 Å². The highest BCUT2D eigenvalue weighted by Gasteiger charge is 1.98. The molecule has 82 valence electrons. The van der Waals surface area contributed by atoms with Crippen molar-refractivity contribution >= 4 is 12.9 Å². The minimum Gasteiger partial charge on any atom is -0.429 e. The van der Waals surface area contributed by atoms with E-state index < -0.39 is 0 Å². The van der Waals surface area contributed by atoms with Crippen molar-refractivity contribution in [1.82, 2.24) is 0 Å². The summed E-state index contributed by atoms with van der Waals surface area (Å²) in [5.41, 5.74) is 3.78. The highest BCUT2D eigenvalue weighted by Crippen LogP contribution is 2.23. The number of benzene rings is 2. The average Bonchev–Trinajstić information content (AvgIpc) is 2.39. The molecule has 2 aromatic carbocycles. The lowest BCUT2D eigenvalue weighted by atomic mass is 10.0. The van der Waals surface area contributed by atoms with E-state index in [9.17, 15) is 0 Å². The zero-order valence-corrected chi connectivity index (χ0v) is 10.1. The van der Waals surface area contributed by atoms with Gasteiger partial charge in [-0.2, -0.15) is 0 Å². The third-order valence-electron chi connectivity index (χ3n) is 2.66. The van der Waals surface area contributed by atoms with Crippen molar-refractivity contribution in [2.45, 2.75) is 13.3 Å². The van der Waals surface area contributed by atoms with Crippen LogP contribution >= 0.6 is 12.9 Å². The van der Waals surface area contributed by atoms with Crippen molar-refractivity contribution < 1.29 is 4.18 Å². The first kappa shape index (κ1) is 11.1. The molecule has 0 N–H and O–H groups in total. The SMILES string of the molecule is CCc1ccc(-c2ccc(OS)cc2)cc1. The molecule has 0 bridgehead atoms. The Morgan fingerprint density at radius 3 is 1.81 bits per heavy atom. The third kappa shape index (κ3) is 2.39. The van der Waals surface area contributed by atoms with Crippen LogP contribution in [0, 0.1) is 0 Å². The molecule has 0 aromatic heterocycles. The van der Waals surface area contributed by atoms with Gasteiger partial charge < -0.3 is 4.18 Å². The summed E-state index contributed by atoms with van der Waals surface area (Å²) in [7, 11) is 0. The number of rotatable bonds is 3. The predicted octanol–water partition coefficient (Wildman–Crippen LogP) is 4.14. The molecule has 2 rings (SSSR count). The maximum Gasteiger partial charge on any atom is 0.137 e. The molecule has 0 atom stereocenters. The van der Waals surface area contributed by atoms with E-state index in [1.165, 1.54) is 16.7 Å². The van der Waals surface area contributed by atoms with E-state index in [1.807, 2.05) is 24.3 Å². The van der Waals surface area contributed by atoms with Gasteiger partial charge in [0.15, 0.2) is 0 Å². The molecular formula is C14H14OS. The van der Waals surface area contributed by atoms with Gasteiger partial charge in [0, 0.05) is 12.9 Å². The van der Waals surface area contributed by atoms with Crippen molar-refractivity contribution in [1.29, 1.82) is 0 Å². The molecule has 0 fully saturated rings. The molecular weight excluding hydrogens is 216 g/mol. The molecule has 0 aliphatic carbocycles. The zero-order valence-electron chi connectivity index (χ0n) is 9.18. The van der Waals surface area contributed by atoms with Crippen molar-refractivity contribution in [3.05, 3.63) is 54.1 Å². The van der Waals surface area contributed by atoms with E-state index in [2.05, 4.69) is 44.1 Å². The minimum atomic E-state index is 0.761. The Morgan fingerprint density at radius 2 is 1.38 bits per heavy atom. The van der Waals surface area contributed by atoms with Gasteiger partial charge in [-0.05, 0) is 35.2 Å². The Kier molecular flexibility index (Phi) is 3.52. The van der Waals surface area contributed by atoms with Gasteiger partial charge in [-0.3, -0.25) is 0 Å². The third-order valence-corrected chi connectivity index (χ3v) is 2.87. The molecule has 16 heavy (non-hydrogen) atoms. The first-order valence-electron chi connectivity index (χ1n) is 5.34. The van der Waals surface area contributed by atoms with E-state index in [4.69, 9.17) is 4.18 Å². The van der Waals surface area contributed by atoms with E-state index in [1.54, 1.807) is 0 Å². The van der Waals surface area contributed by atoms with E-state index in [0.717, 1.165) is 12.2 Å². The van der Waals surface area contributed by atoms with Gasteiger partial charge in [0.1, 0.15) is 5.75 Å². The number of aryl methyl sites for hydroxylation is 1. The Hall–Kier alpha value is -1.41. The molecule has 0 aliphatic rings. The second-order valence-electron chi connectivity index (χ2n) is 3.67. The van der Waals surface area contributed by atoms with Crippen LogP contribution in [0.3, 0.4) is 0 Å². The fraction of sp³-hybridized carbons (Fsp3) is 0.143.